The van der Waals surface area contributed by atoms with Gasteiger partial charge in [0.1, 0.15) is 0 Å². The molecule has 0 amide bonds. The van der Waals surface area contributed by atoms with Gasteiger partial charge in [-0.3, -0.25) is 0 Å². The molecule has 1 aromatic heterocycles. The molecule has 1 heterocycles. The third-order valence-electron chi connectivity index (χ3n) is 1.59. The Morgan fingerprint density at radius 2 is 2.40 bits per heavy atom. The van der Waals surface area contributed by atoms with Crippen LogP contribution in [-0.4, -0.2) is 4.75 Å². The van der Waals surface area contributed by atoms with Gasteiger partial charge in [0, 0.05) is 5.30 Å². The van der Waals surface area contributed by atoms with Gasteiger partial charge in [0.05, 0.1) is 5.69 Å². The fourth-order valence-electron chi connectivity index (χ4n) is 0.887. The summed E-state index contributed by atoms with van der Waals surface area (Å²) < 4.78 is 4.45. The molecule has 1 aromatic rings. The minimum absolute atomic E-state index is 0.804. The standard InChI is InChI=1S/C7H13NP2/c1-3-4-5-7-6(2)9-10-8-7/h10H,3-5H2,1-2H3. The maximum absolute atomic E-state index is 4.45. The topological polar surface area (TPSA) is 12.9 Å². The van der Waals surface area contributed by atoms with Crippen molar-refractivity contribution in [3.8, 4) is 0 Å². The predicted molar refractivity (Wildman–Crippen MR) is 49.6 cm³/mol. The molecule has 1 nitrogen and oxygen atoms in total. The SMILES string of the molecule is CCCCc1n[pH]pc1C. The van der Waals surface area contributed by atoms with Gasteiger partial charge in [-0.25, -0.2) is 4.75 Å². The molecule has 0 aromatic carbocycles. The molecule has 0 N–H and O–H groups in total. The Morgan fingerprint density at radius 1 is 1.60 bits per heavy atom. The second-order valence-electron chi connectivity index (χ2n) is 2.46. The van der Waals surface area contributed by atoms with Crippen molar-refractivity contribution in [2.75, 3.05) is 0 Å². The highest BCUT2D eigenvalue weighted by Crippen LogP contribution is 2.27. The normalized spacial score (nSPS) is 11.8. The average molecular weight is 173 g/mol. The van der Waals surface area contributed by atoms with Gasteiger partial charge >= 0.3 is 0 Å². The molecule has 0 aliphatic rings. The summed E-state index contributed by atoms with van der Waals surface area (Å²) >= 11 is 0. The molecule has 0 bridgehead atoms. The first kappa shape index (κ1) is 8.24. The summed E-state index contributed by atoms with van der Waals surface area (Å²) in [6.45, 7) is 4.43. The van der Waals surface area contributed by atoms with Crippen LogP contribution in [0.25, 0.3) is 0 Å². The van der Waals surface area contributed by atoms with Gasteiger partial charge in [0.25, 0.3) is 0 Å². The molecule has 0 saturated heterocycles. The fourth-order valence-corrected chi connectivity index (χ4v) is 3.22. The van der Waals surface area contributed by atoms with E-state index in [1.54, 1.807) is 0 Å². The van der Waals surface area contributed by atoms with E-state index < -0.39 is 0 Å². The lowest BCUT2D eigenvalue weighted by Gasteiger charge is -1.93. The van der Waals surface area contributed by atoms with Crippen LogP contribution >= 0.6 is 15.9 Å². The second-order valence-corrected chi connectivity index (χ2v) is 5.05. The highest BCUT2D eigenvalue weighted by Gasteiger charge is 1.98. The largest absolute Gasteiger partial charge is 0.240 e. The van der Waals surface area contributed by atoms with Gasteiger partial charge in [-0.15, -0.1) is 0 Å². The Morgan fingerprint density at radius 3 is 2.90 bits per heavy atom. The van der Waals surface area contributed by atoms with Crippen LogP contribution < -0.4 is 0 Å². The molecule has 1 rings (SSSR count). The quantitative estimate of drug-likeness (QED) is 0.683. The van der Waals surface area contributed by atoms with Gasteiger partial charge in [-0.05, 0) is 35.7 Å². The third kappa shape index (κ3) is 2.08. The summed E-state index contributed by atoms with van der Waals surface area (Å²) in [5, 5.41) is 1.51. The lowest BCUT2D eigenvalue weighted by atomic mass is 10.2. The molecule has 1 unspecified atom stereocenters. The number of hydrogen-bond donors (Lipinski definition) is 0. The summed E-state index contributed by atoms with van der Waals surface area (Å²) in [6.07, 6.45) is 3.80. The molecule has 0 aliphatic carbocycles. The Kier molecular flexibility index (Phi) is 3.39. The molecular weight excluding hydrogens is 160 g/mol. The monoisotopic (exact) mass is 173 g/mol. The Bertz CT molecular complexity index is 195. The van der Waals surface area contributed by atoms with Crippen molar-refractivity contribution in [2.24, 2.45) is 0 Å². The maximum Gasteiger partial charge on any atom is 0.0523 e. The first-order valence-corrected chi connectivity index (χ1v) is 6.39. The average Bonchev–Trinajstić information content (AvgIpc) is 2.31. The molecule has 56 valence electrons. The van der Waals surface area contributed by atoms with E-state index in [1.807, 2.05) is 0 Å². The fraction of sp³-hybridized carbons (Fsp3) is 0.714. The van der Waals surface area contributed by atoms with Crippen LogP contribution in [0.4, 0.5) is 0 Å². The third-order valence-corrected chi connectivity index (χ3v) is 4.26. The van der Waals surface area contributed by atoms with Crippen molar-refractivity contribution >= 4 is 15.9 Å². The molecule has 0 aliphatic heterocycles. The van der Waals surface area contributed by atoms with E-state index >= 15 is 0 Å². The van der Waals surface area contributed by atoms with Gasteiger partial charge in [-0.1, -0.05) is 13.3 Å². The van der Waals surface area contributed by atoms with E-state index in [2.05, 4.69) is 18.6 Å². The van der Waals surface area contributed by atoms with E-state index in [1.165, 1.54) is 38.1 Å². The van der Waals surface area contributed by atoms with Crippen molar-refractivity contribution in [1.82, 2.24) is 4.75 Å². The summed E-state index contributed by atoms with van der Waals surface area (Å²) in [5.74, 6) is 0. The van der Waals surface area contributed by atoms with E-state index in [9.17, 15) is 0 Å². The van der Waals surface area contributed by atoms with Gasteiger partial charge in [0.2, 0.25) is 0 Å². The number of nitrogens with zero attached hydrogens (tertiary/aromatic N) is 1. The number of aromatic nitrogens is 1. The van der Waals surface area contributed by atoms with E-state index in [4.69, 9.17) is 0 Å². The Balaban J connectivity index is 2.49. The van der Waals surface area contributed by atoms with E-state index in [-0.39, 0.29) is 0 Å². The minimum atomic E-state index is 0.804. The number of aryl methyl sites for hydroxylation is 2. The van der Waals surface area contributed by atoms with Crippen molar-refractivity contribution in [3.63, 3.8) is 0 Å². The van der Waals surface area contributed by atoms with Crippen molar-refractivity contribution in [2.45, 2.75) is 33.1 Å². The van der Waals surface area contributed by atoms with Crippen LogP contribution in [0.2, 0.25) is 0 Å². The zero-order chi connectivity index (χ0) is 7.40. The molecular formula is C7H13NP2. The molecule has 0 saturated carbocycles. The van der Waals surface area contributed by atoms with Gasteiger partial charge < -0.3 is 0 Å². The molecule has 0 spiro atoms. The number of unbranched alkanes of at least 4 members (excludes halogenated alkanes) is 1. The first-order valence-electron chi connectivity index (χ1n) is 3.71. The number of hydrogen-bond acceptors (Lipinski definition) is 1. The minimum Gasteiger partial charge on any atom is -0.240 e. The molecule has 1 atom stereocenters. The van der Waals surface area contributed by atoms with Gasteiger partial charge in [0.15, 0.2) is 0 Å². The number of rotatable bonds is 3. The molecule has 10 heavy (non-hydrogen) atoms. The highest BCUT2D eigenvalue weighted by molar-refractivity contribution is 7.89. The smallest absolute Gasteiger partial charge is 0.0523 e. The zero-order valence-electron chi connectivity index (χ0n) is 6.52. The van der Waals surface area contributed by atoms with Crippen molar-refractivity contribution in [1.29, 1.82) is 0 Å². The molecule has 0 fully saturated rings. The summed E-state index contributed by atoms with van der Waals surface area (Å²) in [6, 6.07) is 0. The van der Waals surface area contributed by atoms with E-state index in [0.717, 1.165) is 8.03 Å². The summed E-state index contributed by atoms with van der Waals surface area (Å²) in [7, 11) is 2.26. The Hall–Kier alpha value is 0.140. The lowest BCUT2D eigenvalue weighted by molar-refractivity contribution is 0.781. The summed E-state index contributed by atoms with van der Waals surface area (Å²) in [5.41, 5.74) is 1.39. The predicted octanol–water partition coefficient (Wildman–Crippen LogP) is 3.34. The van der Waals surface area contributed by atoms with Crippen LogP contribution in [0.5, 0.6) is 0 Å². The zero-order valence-corrected chi connectivity index (χ0v) is 8.41. The van der Waals surface area contributed by atoms with Crippen molar-refractivity contribution in [3.05, 3.63) is 11.0 Å². The van der Waals surface area contributed by atoms with E-state index in [0.29, 0.717) is 0 Å². The first-order chi connectivity index (χ1) is 4.84. The molecule has 0 radical (unpaired) electrons. The van der Waals surface area contributed by atoms with Crippen LogP contribution in [0.15, 0.2) is 0 Å². The van der Waals surface area contributed by atoms with Crippen LogP contribution in [0, 0.1) is 6.92 Å². The summed E-state index contributed by atoms with van der Waals surface area (Å²) in [4.78, 5) is 0. The maximum atomic E-state index is 4.45. The van der Waals surface area contributed by atoms with Crippen molar-refractivity contribution < 1.29 is 0 Å². The Labute approximate surface area is 65.4 Å². The van der Waals surface area contributed by atoms with Crippen LogP contribution in [-0.2, 0) is 6.42 Å². The van der Waals surface area contributed by atoms with Gasteiger partial charge in [-0.2, -0.15) is 0 Å². The molecule has 3 heteroatoms. The second kappa shape index (κ2) is 4.11. The van der Waals surface area contributed by atoms with Crippen LogP contribution in [0.3, 0.4) is 0 Å². The highest BCUT2D eigenvalue weighted by atomic mass is 31.8. The van der Waals surface area contributed by atoms with Crippen LogP contribution in [0.1, 0.15) is 30.8 Å². The lowest BCUT2D eigenvalue weighted by Crippen LogP contribution is -1.85.